The molecule has 20 heavy (non-hydrogen) atoms. The standard InChI is InChI=1S/C14H24N2O3S/c1-5-7-12-16(11(9-20-12)13(17)18)14(19)15(6-2)8-10(3)4/h11-12H,3,5-9H2,1-2,4H3,(H,17,18). The highest BCUT2D eigenvalue weighted by Crippen LogP contribution is 2.33. The topological polar surface area (TPSA) is 60.9 Å². The van der Waals surface area contributed by atoms with Crippen molar-refractivity contribution in [2.45, 2.75) is 45.0 Å². The molecule has 0 aliphatic carbocycles. The number of carboxylic acids is 1. The van der Waals surface area contributed by atoms with Crippen molar-refractivity contribution >= 4 is 23.8 Å². The van der Waals surface area contributed by atoms with Crippen LogP contribution < -0.4 is 0 Å². The van der Waals surface area contributed by atoms with Crippen LogP contribution in [0.3, 0.4) is 0 Å². The van der Waals surface area contributed by atoms with E-state index in [4.69, 9.17) is 0 Å². The number of thioether (sulfide) groups is 1. The van der Waals surface area contributed by atoms with Gasteiger partial charge in [-0.3, -0.25) is 4.90 Å². The van der Waals surface area contributed by atoms with Crippen LogP contribution in [0.4, 0.5) is 4.79 Å². The molecule has 1 aliphatic rings. The fourth-order valence-electron chi connectivity index (χ4n) is 2.28. The first-order valence-corrected chi connectivity index (χ1v) is 8.03. The molecule has 0 aromatic carbocycles. The van der Waals surface area contributed by atoms with E-state index < -0.39 is 12.0 Å². The Bertz CT molecular complexity index is 387. The second-order valence-corrected chi connectivity index (χ2v) is 6.30. The zero-order chi connectivity index (χ0) is 15.3. The zero-order valence-corrected chi connectivity index (χ0v) is 13.3. The van der Waals surface area contributed by atoms with Crippen molar-refractivity contribution in [1.29, 1.82) is 0 Å². The molecule has 114 valence electrons. The van der Waals surface area contributed by atoms with Gasteiger partial charge in [0.2, 0.25) is 0 Å². The van der Waals surface area contributed by atoms with E-state index in [1.807, 2.05) is 20.8 Å². The molecule has 2 atom stereocenters. The third-order valence-electron chi connectivity index (χ3n) is 3.25. The van der Waals surface area contributed by atoms with Gasteiger partial charge < -0.3 is 10.0 Å². The van der Waals surface area contributed by atoms with Crippen LogP contribution >= 0.6 is 11.8 Å². The maximum atomic E-state index is 12.6. The van der Waals surface area contributed by atoms with Gasteiger partial charge in [-0.2, -0.15) is 0 Å². The minimum absolute atomic E-state index is 0.0345. The van der Waals surface area contributed by atoms with Crippen molar-refractivity contribution in [3.8, 4) is 0 Å². The molecule has 1 fully saturated rings. The van der Waals surface area contributed by atoms with Crippen molar-refractivity contribution in [1.82, 2.24) is 9.80 Å². The van der Waals surface area contributed by atoms with Crippen molar-refractivity contribution in [2.75, 3.05) is 18.8 Å². The third kappa shape index (κ3) is 3.91. The molecule has 0 saturated carbocycles. The van der Waals surface area contributed by atoms with E-state index in [1.54, 1.807) is 21.6 Å². The van der Waals surface area contributed by atoms with Crippen molar-refractivity contribution < 1.29 is 14.7 Å². The molecule has 2 unspecified atom stereocenters. The molecule has 1 saturated heterocycles. The maximum absolute atomic E-state index is 12.6. The molecule has 0 spiro atoms. The average molecular weight is 300 g/mol. The average Bonchev–Trinajstić information content (AvgIpc) is 2.79. The number of aliphatic carboxylic acids is 1. The number of hydrogen-bond acceptors (Lipinski definition) is 3. The number of carboxylic acid groups (broad SMARTS) is 1. The summed E-state index contributed by atoms with van der Waals surface area (Å²) < 4.78 is 0. The molecule has 5 nitrogen and oxygen atoms in total. The lowest BCUT2D eigenvalue weighted by atomic mass is 10.2. The van der Waals surface area contributed by atoms with Gasteiger partial charge in [0.25, 0.3) is 0 Å². The molecule has 1 heterocycles. The van der Waals surface area contributed by atoms with Crippen LogP contribution in [0.25, 0.3) is 0 Å². The molecular formula is C14H24N2O3S. The number of likely N-dealkylation sites (N-methyl/N-ethyl adjacent to an activating group) is 1. The summed E-state index contributed by atoms with van der Waals surface area (Å²) in [6.07, 6.45) is 1.76. The molecule has 0 aromatic rings. The Hall–Kier alpha value is -1.17. The molecule has 1 N–H and O–H groups in total. The largest absolute Gasteiger partial charge is 0.480 e. The van der Waals surface area contributed by atoms with E-state index in [-0.39, 0.29) is 11.4 Å². The maximum Gasteiger partial charge on any atom is 0.327 e. The van der Waals surface area contributed by atoms with E-state index in [1.165, 1.54) is 0 Å². The Labute approximate surface area is 125 Å². The first kappa shape index (κ1) is 16.9. The lowest BCUT2D eigenvalue weighted by Crippen LogP contribution is -2.51. The van der Waals surface area contributed by atoms with Gasteiger partial charge in [-0.05, 0) is 20.3 Å². The highest BCUT2D eigenvalue weighted by Gasteiger charge is 2.42. The number of amides is 2. The monoisotopic (exact) mass is 300 g/mol. The molecule has 0 radical (unpaired) electrons. The van der Waals surface area contributed by atoms with Crippen LogP contribution in [-0.4, -0.2) is 57.2 Å². The Morgan fingerprint density at radius 1 is 1.45 bits per heavy atom. The van der Waals surface area contributed by atoms with Gasteiger partial charge in [0.1, 0.15) is 6.04 Å². The van der Waals surface area contributed by atoms with Gasteiger partial charge in [0.05, 0.1) is 5.37 Å². The van der Waals surface area contributed by atoms with Gasteiger partial charge >= 0.3 is 12.0 Å². The van der Waals surface area contributed by atoms with Gasteiger partial charge in [-0.15, -0.1) is 11.8 Å². The highest BCUT2D eigenvalue weighted by atomic mass is 32.2. The van der Waals surface area contributed by atoms with Gasteiger partial charge in [-0.1, -0.05) is 25.5 Å². The minimum atomic E-state index is -0.921. The molecule has 6 heteroatoms. The SMILES string of the molecule is C=C(C)CN(CC)C(=O)N1C(CCC)SCC1C(=O)O. The predicted molar refractivity (Wildman–Crippen MR) is 81.9 cm³/mol. The smallest absolute Gasteiger partial charge is 0.327 e. The Kier molecular flexibility index (Phi) is 6.39. The number of urea groups is 1. The first-order chi connectivity index (χ1) is 9.42. The van der Waals surface area contributed by atoms with E-state index in [0.717, 1.165) is 18.4 Å². The zero-order valence-electron chi connectivity index (χ0n) is 12.5. The second-order valence-electron chi connectivity index (χ2n) is 5.09. The molecular weight excluding hydrogens is 276 g/mol. The predicted octanol–water partition coefficient (Wildman–Crippen LogP) is 2.63. The first-order valence-electron chi connectivity index (χ1n) is 6.98. The van der Waals surface area contributed by atoms with E-state index >= 15 is 0 Å². The summed E-state index contributed by atoms with van der Waals surface area (Å²) in [7, 11) is 0. The summed E-state index contributed by atoms with van der Waals surface area (Å²) in [4.78, 5) is 27.2. The number of carbonyl (C=O) groups is 2. The lowest BCUT2D eigenvalue weighted by Gasteiger charge is -2.33. The lowest BCUT2D eigenvalue weighted by molar-refractivity contribution is -0.141. The van der Waals surface area contributed by atoms with E-state index in [9.17, 15) is 14.7 Å². The van der Waals surface area contributed by atoms with Gasteiger partial charge in [0, 0.05) is 18.8 Å². The number of hydrogen-bond donors (Lipinski definition) is 1. The molecule has 0 bridgehead atoms. The van der Waals surface area contributed by atoms with Crippen molar-refractivity contribution in [2.24, 2.45) is 0 Å². The number of carbonyl (C=O) groups excluding carboxylic acids is 1. The summed E-state index contributed by atoms with van der Waals surface area (Å²) in [5.74, 6) is -0.452. The summed E-state index contributed by atoms with van der Waals surface area (Å²) >= 11 is 1.56. The van der Waals surface area contributed by atoms with Crippen molar-refractivity contribution in [3.05, 3.63) is 12.2 Å². The fourth-order valence-corrected chi connectivity index (χ4v) is 3.79. The summed E-state index contributed by atoms with van der Waals surface area (Å²) in [6.45, 7) is 10.7. The Morgan fingerprint density at radius 3 is 2.55 bits per heavy atom. The third-order valence-corrected chi connectivity index (χ3v) is 4.60. The van der Waals surface area contributed by atoms with Crippen LogP contribution in [0, 0.1) is 0 Å². The van der Waals surface area contributed by atoms with E-state index in [0.29, 0.717) is 18.8 Å². The van der Waals surface area contributed by atoms with Gasteiger partial charge in [0.15, 0.2) is 0 Å². The minimum Gasteiger partial charge on any atom is -0.480 e. The Balaban J connectivity index is 2.92. The van der Waals surface area contributed by atoms with Crippen LogP contribution in [0.1, 0.15) is 33.6 Å². The van der Waals surface area contributed by atoms with Crippen LogP contribution in [0.2, 0.25) is 0 Å². The van der Waals surface area contributed by atoms with Crippen molar-refractivity contribution in [3.63, 3.8) is 0 Å². The van der Waals surface area contributed by atoms with Crippen LogP contribution in [0.5, 0.6) is 0 Å². The summed E-state index contributed by atoms with van der Waals surface area (Å²) in [5.41, 5.74) is 0.894. The fraction of sp³-hybridized carbons (Fsp3) is 0.714. The summed E-state index contributed by atoms with van der Waals surface area (Å²) in [5, 5.41) is 9.28. The second kappa shape index (κ2) is 7.57. The summed E-state index contributed by atoms with van der Waals surface area (Å²) in [6, 6.07) is -0.908. The van der Waals surface area contributed by atoms with Gasteiger partial charge in [-0.25, -0.2) is 9.59 Å². The molecule has 1 rings (SSSR count). The molecule has 0 aromatic heterocycles. The number of rotatable bonds is 6. The van der Waals surface area contributed by atoms with Crippen LogP contribution in [-0.2, 0) is 4.79 Å². The normalized spacial score (nSPS) is 21.9. The Morgan fingerprint density at radius 2 is 2.10 bits per heavy atom. The van der Waals surface area contributed by atoms with E-state index in [2.05, 4.69) is 6.58 Å². The molecule has 2 amide bonds. The quantitative estimate of drug-likeness (QED) is 0.766. The highest BCUT2D eigenvalue weighted by molar-refractivity contribution is 8.00. The van der Waals surface area contributed by atoms with Crippen LogP contribution in [0.15, 0.2) is 12.2 Å². The molecule has 1 aliphatic heterocycles. The number of nitrogens with zero attached hydrogens (tertiary/aromatic N) is 2.